The number of thioether (sulfide) groups is 1. The van der Waals surface area contributed by atoms with Crippen LogP contribution in [0.4, 0.5) is 0 Å². The Morgan fingerprint density at radius 2 is 2.17 bits per heavy atom. The highest BCUT2D eigenvalue weighted by molar-refractivity contribution is 8.17. The maximum absolute atomic E-state index is 11.6. The third-order valence-corrected chi connectivity index (χ3v) is 5.75. The average Bonchev–Trinajstić information content (AvgIpc) is 2.46. The second kappa shape index (κ2) is 2.50. The van der Waals surface area contributed by atoms with Gasteiger partial charge in [0, 0.05) is 4.91 Å². The van der Waals surface area contributed by atoms with Crippen molar-refractivity contribution in [3.8, 4) is 0 Å². The molecule has 1 atom stereocenters. The van der Waals surface area contributed by atoms with Gasteiger partial charge >= 0.3 is 0 Å². The minimum atomic E-state index is -3.05. The second-order valence-corrected chi connectivity index (χ2v) is 6.28. The number of rotatable bonds is 0. The lowest BCUT2D eigenvalue weighted by Crippen LogP contribution is -2.20. The third kappa shape index (κ3) is 0.983. The van der Waals surface area contributed by atoms with Gasteiger partial charge in [0.1, 0.15) is 4.58 Å². The summed E-state index contributed by atoms with van der Waals surface area (Å²) in [4.78, 5) is 0.465. The van der Waals surface area contributed by atoms with Gasteiger partial charge in [-0.1, -0.05) is 12.2 Å². The van der Waals surface area contributed by atoms with Crippen molar-refractivity contribution >= 4 is 21.6 Å². The molecule has 64 valence electrons. The van der Waals surface area contributed by atoms with Crippen LogP contribution in [0.15, 0.2) is 34.1 Å². The molecule has 0 saturated heterocycles. The van der Waals surface area contributed by atoms with Crippen LogP contribution in [0.1, 0.15) is 6.92 Å². The van der Waals surface area contributed by atoms with Crippen LogP contribution < -0.4 is 0 Å². The van der Waals surface area contributed by atoms with E-state index in [0.717, 1.165) is 5.57 Å². The fourth-order valence-corrected chi connectivity index (χ4v) is 4.25. The van der Waals surface area contributed by atoms with E-state index in [9.17, 15) is 8.42 Å². The maximum atomic E-state index is 11.6. The lowest BCUT2D eigenvalue weighted by atomic mass is 10.2. The summed E-state index contributed by atoms with van der Waals surface area (Å²) in [6, 6.07) is 0. The normalized spacial score (nSPS) is 30.9. The Morgan fingerprint density at radius 1 is 1.42 bits per heavy atom. The van der Waals surface area contributed by atoms with Crippen LogP contribution in [0.25, 0.3) is 0 Å². The van der Waals surface area contributed by atoms with E-state index in [0.29, 0.717) is 4.91 Å². The maximum Gasteiger partial charge on any atom is 0.190 e. The molecule has 0 radical (unpaired) electrons. The van der Waals surface area contributed by atoms with E-state index in [1.807, 2.05) is 17.6 Å². The molecule has 2 aliphatic rings. The number of hydrogen-bond acceptors (Lipinski definition) is 3. The van der Waals surface area contributed by atoms with Gasteiger partial charge in [-0.3, -0.25) is 0 Å². The zero-order valence-corrected chi connectivity index (χ0v) is 8.15. The van der Waals surface area contributed by atoms with Gasteiger partial charge < -0.3 is 0 Å². The summed E-state index contributed by atoms with van der Waals surface area (Å²) >= 11 is 1.36. The molecule has 0 spiro atoms. The summed E-state index contributed by atoms with van der Waals surface area (Å²) in [5, 5.41) is 1.83. The van der Waals surface area contributed by atoms with E-state index in [1.165, 1.54) is 11.8 Å². The molecule has 0 aromatic carbocycles. The van der Waals surface area contributed by atoms with Crippen molar-refractivity contribution in [2.24, 2.45) is 0 Å². The molecule has 0 aromatic heterocycles. The molecule has 4 heteroatoms. The fraction of sp³-hybridized carbons (Fsp3) is 0.250. The van der Waals surface area contributed by atoms with Crippen molar-refractivity contribution < 1.29 is 8.42 Å². The minimum absolute atomic E-state index is 0.373. The Hall–Kier alpha value is -0.480. The fourth-order valence-electron chi connectivity index (χ4n) is 1.21. The summed E-state index contributed by atoms with van der Waals surface area (Å²) in [5.74, 6) is 0. The Labute approximate surface area is 76.0 Å². The molecular formula is C8H8O2S2. The minimum Gasteiger partial charge on any atom is -0.223 e. The highest BCUT2D eigenvalue weighted by Gasteiger charge is 2.34. The van der Waals surface area contributed by atoms with Crippen LogP contribution in [0.5, 0.6) is 0 Å². The van der Waals surface area contributed by atoms with Gasteiger partial charge in [-0.15, -0.1) is 11.8 Å². The Bertz CT molecular complexity index is 399. The van der Waals surface area contributed by atoms with Gasteiger partial charge in [-0.25, -0.2) is 8.42 Å². The Kier molecular flexibility index (Phi) is 1.70. The van der Waals surface area contributed by atoms with Crippen molar-refractivity contribution in [2.45, 2.75) is 11.5 Å². The first-order valence-electron chi connectivity index (χ1n) is 3.57. The number of allylic oxidation sites excluding steroid dienone is 4. The van der Waals surface area contributed by atoms with E-state index in [2.05, 4.69) is 0 Å². The molecule has 0 saturated carbocycles. The first-order valence-corrected chi connectivity index (χ1v) is 6.06. The lowest BCUT2D eigenvalue weighted by molar-refractivity contribution is 0.602. The molecular weight excluding hydrogens is 192 g/mol. The van der Waals surface area contributed by atoms with Gasteiger partial charge in [0.2, 0.25) is 0 Å². The standard InChI is InChI=1S/C8H8O2S2/c1-6-2-3-7-4-5-11-8(7)12(6,9)10/h2-5,8H,1H3/t8-/m0/s1. The zero-order valence-electron chi connectivity index (χ0n) is 6.52. The monoisotopic (exact) mass is 200 g/mol. The summed E-state index contributed by atoms with van der Waals surface area (Å²) < 4.78 is 22.9. The van der Waals surface area contributed by atoms with Gasteiger partial charge in [0.15, 0.2) is 9.84 Å². The molecule has 0 aliphatic carbocycles. The van der Waals surface area contributed by atoms with Crippen LogP contribution in [-0.4, -0.2) is 13.0 Å². The van der Waals surface area contributed by atoms with Crippen molar-refractivity contribution in [3.63, 3.8) is 0 Å². The summed E-state index contributed by atoms with van der Waals surface area (Å²) in [6.45, 7) is 1.64. The molecule has 0 amide bonds. The summed E-state index contributed by atoms with van der Waals surface area (Å²) in [5.41, 5.74) is 0.894. The first kappa shape index (κ1) is 8.13. The molecule has 0 fully saturated rings. The molecule has 0 unspecified atom stereocenters. The third-order valence-electron chi connectivity index (χ3n) is 1.98. The van der Waals surface area contributed by atoms with Gasteiger partial charge in [0.25, 0.3) is 0 Å². The molecule has 2 aliphatic heterocycles. The summed E-state index contributed by atoms with van der Waals surface area (Å²) in [6.07, 6.45) is 5.39. The van der Waals surface area contributed by atoms with E-state index >= 15 is 0 Å². The highest BCUT2D eigenvalue weighted by Crippen LogP contribution is 2.38. The SMILES string of the molecule is CC1=CC=C2C=CS[C@H]2S1(=O)=O. The van der Waals surface area contributed by atoms with Gasteiger partial charge in [0.05, 0.1) is 0 Å². The smallest absolute Gasteiger partial charge is 0.190 e. The molecule has 12 heavy (non-hydrogen) atoms. The van der Waals surface area contributed by atoms with Gasteiger partial charge in [-0.2, -0.15) is 0 Å². The Balaban J connectivity index is 2.58. The van der Waals surface area contributed by atoms with Crippen molar-refractivity contribution in [1.29, 1.82) is 0 Å². The predicted octanol–water partition coefficient (Wildman–Crippen LogP) is 1.83. The number of sulfone groups is 1. The quantitative estimate of drug-likeness (QED) is 0.598. The highest BCUT2D eigenvalue weighted by atomic mass is 32.3. The largest absolute Gasteiger partial charge is 0.223 e. The van der Waals surface area contributed by atoms with E-state index in [1.54, 1.807) is 13.0 Å². The van der Waals surface area contributed by atoms with Crippen molar-refractivity contribution in [1.82, 2.24) is 0 Å². The molecule has 0 bridgehead atoms. The lowest BCUT2D eigenvalue weighted by Gasteiger charge is -2.16. The van der Waals surface area contributed by atoms with E-state index in [-0.39, 0.29) is 4.58 Å². The zero-order chi connectivity index (χ0) is 8.77. The molecule has 2 nitrogen and oxygen atoms in total. The predicted molar refractivity (Wildman–Crippen MR) is 51.3 cm³/mol. The van der Waals surface area contributed by atoms with E-state index in [4.69, 9.17) is 0 Å². The molecule has 2 rings (SSSR count). The average molecular weight is 200 g/mol. The van der Waals surface area contributed by atoms with Crippen LogP contribution in [0.2, 0.25) is 0 Å². The Morgan fingerprint density at radius 3 is 2.92 bits per heavy atom. The number of fused-ring (bicyclic) bond motifs is 1. The van der Waals surface area contributed by atoms with Crippen LogP contribution >= 0.6 is 11.8 Å². The first-order chi connectivity index (χ1) is 5.62. The van der Waals surface area contributed by atoms with Crippen LogP contribution in [0.3, 0.4) is 0 Å². The molecule has 2 heterocycles. The summed E-state index contributed by atoms with van der Waals surface area (Å²) in [7, 11) is -3.05. The second-order valence-electron chi connectivity index (χ2n) is 2.76. The van der Waals surface area contributed by atoms with Crippen LogP contribution in [0, 0.1) is 0 Å². The van der Waals surface area contributed by atoms with Crippen molar-refractivity contribution in [3.05, 3.63) is 34.1 Å². The number of hydrogen-bond donors (Lipinski definition) is 0. The van der Waals surface area contributed by atoms with Crippen LogP contribution in [-0.2, 0) is 9.84 Å². The molecule has 0 aromatic rings. The molecule has 0 N–H and O–H groups in total. The van der Waals surface area contributed by atoms with Gasteiger partial charge in [-0.05, 0) is 24.0 Å². The van der Waals surface area contributed by atoms with Crippen molar-refractivity contribution in [2.75, 3.05) is 0 Å². The van der Waals surface area contributed by atoms with E-state index < -0.39 is 9.84 Å². The topological polar surface area (TPSA) is 34.1 Å².